The number of carbonyl (C=O) groups excluding carboxylic acids is 1. The van der Waals surface area contributed by atoms with Crippen LogP contribution in [0.15, 0.2) is 18.5 Å². The van der Waals surface area contributed by atoms with Gasteiger partial charge < -0.3 is 10.6 Å². The number of nitrogens with one attached hydrogen (secondary N) is 2. The van der Waals surface area contributed by atoms with Gasteiger partial charge in [-0.1, -0.05) is 0 Å². The number of urea groups is 1. The van der Waals surface area contributed by atoms with Crippen molar-refractivity contribution in [1.82, 2.24) is 24.5 Å². The zero-order chi connectivity index (χ0) is 19.0. The van der Waals surface area contributed by atoms with Gasteiger partial charge in [-0.2, -0.15) is 10.2 Å². The second kappa shape index (κ2) is 6.78. The lowest BCUT2D eigenvalue weighted by Gasteiger charge is -2.10. The van der Waals surface area contributed by atoms with Crippen molar-refractivity contribution in [2.75, 3.05) is 10.6 Å². The summed E-state index contributed by atoms with van der Waals surface area (Å²) in [6.45, 7) is 12.0. The number of aryl methyl sites for hydroxylation is 1. The normalized spacial score (nSPS) is 11.5. The first-order chi connectivity index (χ1) is 12.3. The molecule has 0 unspecified atom stereocenters. The number of aromatic nitrogens is 5. The fourth-order valence-electron chi connectivity index (χ4n) is 3.01. The Kier molecular flexibility index (Phi) is 4.67. The maximum atomic E-state index is 12.4. The largest absolute Gasteiger partial charge is 0.323 e. The fourth-order valence-corrected chi connectivity index (χ4v) is 3.01. The van der Waals surface area contributed by atoms with Gasteiger partial charge in [0.15, 0.2) is 5.65 Å². The Hall–Kier alpha value is -2.90. The first kappa shape index (κ1) is 17.9. The molecule has 0 saturated carbocycles. The van der Waals surface area contributed by atoms with Gasteiger partial charge in [-0.25, -0.2) is 14.5 Å². The third kappa shape index (κ3) is 3.26. The predicted octanol–water partition coefficient (Wildman–Crippen LogP) is 4.05. The third-order valence-electron chi connectivity index (χ3n) is 4.23. The van der Waals surface area contributed by atoms with E-state index in [1.807, 2.05) is 29.3 Å². The minimum Gasteiger partial charge on any atom is -0.306 e. The second-order valence-electron chi connectivity index (χ2n) is 6.98. The molecule has 0 aliphatic rings. The number of fused-ring (bicyclic) bond motifs is 1. The Balaban J connectivity index is 1.77. The van der Waals surface area contributed by atoms with Crippen molar-refractivity contribution in [3.63, 3.8) is 0 Å². The zero-order valence-corrected chi connectivity index (χ0v) is 16.0. The molecule has 0 atom stereocenters. The van der Waals surface area contributed by atoms with Gasteiger partial charge in [0.05, 0.1) is 35.2 Å². The Morgan fingerprint density at radius 2 is 1.73 bits per heavy atom. The van der Waals surface area contributed by atoms with Crippen LogP contribution in [-0.2, 0) is 0 Å². The van der Waals surface area contributed by atoms with Crippen LogP contribution in [-0.4, -0.2) is 30.6 Å². The smallest absolute Gasteiger partial charge is 0.306 e. The molecule has 2 amide bonds. The Morgan fingerprint density at radius 3 is 2.35 bits per heavy atom. The summed E-state index contributed by atoms with van der Waals surface area (Å²) in [6, 6.07) is 2.00. The standard InChI is InChI=1S/C18H25N7O/c1-10(2)24-13(6)16(12(5)23-24)22-18(26)21-15-7-14-8-20-25(11(3)4)17(14)19-9-15/h7-11H,1-6H3,(H2,21,22,26). The van der Waals surface area contributed by atoms with E-state index in [-0.39, 0.29) is 18.1 Å². The number of nitrogens with zero attached hydrogens (tertiary/aromatic N) is 5. The van der Waals surface area contributed by atoms with Crippen molar-refractivity contribution in [1.29, 1.82) is 0 Å². The molecule has 0 bridgehead atoms. The van der Waals surface area contributed by atoms with Crippen molar-refractivity contribution in [2.24, 2.45) is 0 Å². The van der Waals surface area contributed by atoms with Gasteiger partial charge in [-0.05, 0) is 47.6 Å². The Bertz CT molecular complexity index is 952. The van der Waals surface area contributed by atoms with Crippen LogP contribution < -0.4 is 10.6 Å². The average Bonchev–Trinajstić information content (AvgIpc) is 3.10. The molecule has 26 heavy (non-hydrogen) atoms. The fraction of sp³-hybridized carbons (Fsp3) is 0.444. The minimum atomic E-state index is -0.322. The predicted molar refractivity (Wildman–Crippen MR) is 103 cm³/mol. The van der Waals surface area contributed by atoms with Gasteiger partial charge in [0, 0.05) is 17.5 Å². The summed E-state index contributed by atoms with van der Waals surface area (Å²) in [6.07, 6.45) is 3.39. The molecule has 8 heteroatoms. The van der Waals surface area contributed by atoms with Crippen molar-refractivity contribution >= 4 is 28.4 Å². The molecule has 8 nitrogen and oxygen atoms in total. The maximum absolute atomic E-state index is 12.4. The van der Waals surface area contributed by atoms with Gasteiger partial charge >= 0.3 is 6.03 Å². The van der Waals surface area contributed by atoms with Crippen LogP contribution in [0, 0.1) is 13.8 Å². The highest BCUT2D eigenvalue weighted by Gasteiger charge is 2.16. The summed E-state index contributed by atoms with van der Waals surface area (Å²) in [5.41, 5.74) is 3.87. The van der Waals surface area contributed by atoms with E-state index in [1.165, 1.54) is 0 Å². The molecule has 3 rings (SSSR count). The number of pyridine rings is 1. The number of rotatable bonds is 4. The van der Waals surface area contributed by atoms with Gasteiger partial charge in [-0.15, -0.1) is 0 Å². The summed E-state index contributed by atoms with van der Waals surface area (Å²) in [4.78, 5) is 16.8. The van der Waals surface area contributed by atoms with Crippen molar-refractivity contribution in [3.8, 4) is 0 Å². The lowest BCUT2D eigenvalue weighted by Crippen LogP contribution is -2.20. The van der Waals surface area contributed by atoms with Gasteiger partial charge in [0.25, 0.3) is 0 Å². The van der Waals surface area contributed by atoms with E-state index in [2.05, 4.69) is 53.5 Å². The number of hydrogen-bond donors (Lipinski definition) is 2. The van der Waals surface area contributed by atoms with Crippen LogP contribution in [0.5, 0.6) is 0 Å². The Morgan fingerprint density at radius 1 is 1.04 bits per heavy atom. The summed E-state index contributed by atoms with van der Waals surface area (Å²) >= 11 is 0. The molecule has 3 aromatic rings. The number of carbonyl (C=O) groups is 1. The lowest BCUT2D eigenvalue weighted by molar-refractivity contribution is 0.262. The van der Waals surface area contributed by atoms with E-state index < -0.39 is 0 Å². The monoisotopic (exact) mass is 355 g/mol. The summed E-state index contributed by atoms with van der Waals surface area (Å²) < 4.78 is 3.76. The number of hydrogen-bond acceptors (Lipinski definition) is 4. The topological polar surface area (TPSA) is 89.7 Å². The lowest BCUT2D eigenvalue weighted by atomic mass is 10.3. The van der Waals surface area contributed by atoms with E-state index in [4.69, 9.17) is 0 Å². The van der Waals surface area contributed by atoms with Crippen LogP contribution in [0.4, 0.5) is 16.2 Å². The van der Waals surface area contributed by atoms with E-state index >= 15 is 0 Å². The van der Waals surface area contributed by atoms with Crippen LogP contribution in [0.3, 0.4) is 0 Å². The summed E-state index contributed by atoms with van der Waals surface area (Å²) in [5, 5.41) is 15.4. The van der Waals surface area contributed by atoms with Crippen LogP contribution in [0.1, 0.15) is 51.2 Å². The number of amides is 2. The SMILES string of the molecule is Cc1nn(C(C)C)c(C)c1NC(=O)Nc1cnc2c(cnn2C(C)C)c1. The molecular formula is C18H25N7O. The average molecular weight is 355 g/mol. The highest BCUT2D eigenvalue weighted by Crippen LogP contribution is 2.23. The molecule has 138 valence electrons. The molecule has 3 heterocycles. The Labute approximate surface area is 152 Å². The molecule has 2 N–H and O–H groups in total. The highest BCUT2D eigenvalue weighted by atomic mass is 16.2. The van der Waals surface area contributed by atoms with Crippen LogP contribution >= 0.6 is 0 Å². The van der Waals surface area contributed by atoms with Gasteiger partial charge in [-0.3, -0.25) is 4.68 Å². The van der Waals surface area contributed by atoms with Gasteiger partial charge in [0.1, 0.15) is 0 Å². The molecule has 0 aromatic carbocycles. The van der Waals surface area contributed by atoms with E-state index in [9.17, 15) is 4.79 Å². The quantitative estimate of drug-likeness (QED) is 0.739. The first-order valence-corrected chi connectivity index (χ1v) is 8.75. The molecule has 0 aliphatic heterocycles. The van der Waals surface area contributed by atoms with Crippen molar-refractivity contribution in [2.45, 2.75) is 53.6 Å². The minimum absolute atomic E-state index is 0.227. The third-order valence-corrected chi connectivity index (χ3v) is 4.23. The number of anilines is 2. The van der Waals surface area contributed by atoms with E-state index in [0.717, 1.165) is 28.1 Å². The van der Waals surface area contributed by atoms with Gasteiger partial charge in [0.2, 0.25) is 0 Å². The molecule has 0 spiro atoms. The van der Waals surface area contributed by atoms with Crippen LogP contribution in [0.2, 0.25) is 0 Å². The highest BCUT2D eigenvalue weighted by molar-refractivity contribution is 6.01. The summed E-state index contributed by atoms with van der Waals surface area (Å²) in [5.74, 6) is 0. The molecule has 0 aliphatic carbocycles. The first-order valence-electron chi connectivity index (χ1n) is 8.75. The molecule has 0 fully saturated rings. The molecular weight excluding hydrogens is 330 g/mol. The van der Waals surface area contributed by atoms with Crippen molar-refractivity contribution < 1.29 is 4.79 Å². The maximum Gasteiger partial charge on any atom is 0.323 e. The molecule has 3 aromatic heterocycles. The van der Waals surface area contributed by atoms with Crippen molar-refractivity contribution in [3.05, 3.63) is 29.8 Å². The van der Waals surface area contributed by atoms with Crippen LogP contribution in [0.25, 0.3) is 11.0 Å². The zero-order valence-electron chi connectivity index (χ0n) is 16.0. The van der Waals surface area contributed by atoms with E-state index in [0.29, 0.717) is 5.69 Å². The second-order valence-corrected chi connectivity index (χ2v) is 6.98. The summed E-state index contributed by atoms with van der Waals surface area (Å²) in [7, 11) is 0. The van der Waals surface area contributed by atoms with E-state index in [1.54, 1.807) is 12.4 Å². The molecule has 0 radical (unpaired) electrons. The molecule has 0 saturated heterocycles.